The number of halogens is 2. The molecule has 0 amide bonds. The van der Waals surface area contributed by atoms with Crippen LogP contribution in [0.2, 0.25) is 0 Å². The van der Waals surface area contributed by atoms with E-state index < -0.39 is 17.2 Å². The Balaban J connectivity index is 1.46. The highest BCUT2D eigenvalue weighted by Gasteiger charge is 2.47. The Labute approximate surface area is 165 Å². The first-order valence-electron chi connectivity index (χ1n) is 10.1. The molecule has 1 aromatic carbocycles. The third-order valence-corrected chi connectivity index (χ3v) is 6.23. The summed E-state index contributed by atoms with van der Waals surface area (Å²) in [6.07, 6.45) is 7.61. The Kier molecular flexibility index (Phi) is 4.82. The molecule has 0 radical (unpaired) electrons. The van der Waals surface area contributed by atoms with Crippen molar-refractivity contribution in [3.05, 3.63) is 53.4 Å². The lowest BCUT2D eigenvalue weighted by atomic mass is 9.81. The minimum absolute atomic E-state index is 0.0430. The first-order chi connectivity index (χ1) is 13.1. The number of aliphatic hydroxyl groups is 1. The average molecular weight is 389 g/mol. The second-order valence-electron chi connectivity index (χ2n) is 9.57. The molecule has 2 aromatic rings. The fraction of sp³-hybridized carbons (Fsp3) is 0.591. The molecule has 2 bridgehead atoms. The summed E-state index contributed by atoms with van der Waals surface area (Å²) in [4.78, 5) is 2.47. The summed E-state index contributed by atoms with van der Waals surface area (Å²) in [5, 5.41) is 15.7. The van der Waals surface area contributed by atoms with Crippen LogP contribution in [0.1, 0.15) is 57.6 Å². The largest absolute Gasteiger partial charge is 0.389 e. The lowest BCUT2D eigenvalue weighted by molar-refractivity contribution is -0.0544. The van der Waals surface area contributed by atoms with Crippen molar-refractivity contribution in [1.29, 1.82) is 0 Å². The molecule has 2 saturated heterocycles. The molecule has 4 nitrogen and oxygen atoms in total. The number of rotatable bonds is 4. The Morgan fingerprint density at radius 2 is 1.86 bits per heavy atom. The van der Waals surface area contributed by atoms with E-state index in [4.69, 9.17) is 0 Å². The van der Waals surface area contributed by atoms with E-state index in [0.717, 1.165) is 25.5 Å². The summed E-state index contributed by atoms with van der Waals surface area (Å²) in [5.74, 6) is -1.16. The molecular weight excluding hydrogens is 360 g/mol. The zero-order chi connectivity index (χ0) is 20.1. The van der Waals surface area contributed by atoms with E-state index >= 15 is 0 Å². The number of aromatic nitrogens is 2. The molecule has 2 atom stereocenters. The summed E-state index contributed by atoms with van der Waals surface area (Å²) >= 11 is 0. The molecule has 2 aliphatic heterocycles. The van der Waals surface area contributed by atoms with Crippen LogP contribution in [0.25, 0.3) is 0 Å². The Morgan fingerprint density at radius 1 is 1.18 bits per heavy atom. The van der Waals surface area contributed by atoms with Crippen molar-refractivity contribution < 1.29 is 13.9 Å². The van der Waals surface area contributed by atoms with E-state index in [-0.39, 0.29) is 24.0 Å². The van der Waals surface area contributed by atoms with E-state index in [1.165, 1.54) is 17.7 Å². The first kappa shape index (κ1) is 19.5. The molecule has 0 spiro atoms. The van der Waals surface area contributed by atoms with E-state index in [0.29, 0.717) is 18.4 Å². The fourth-order valence-electron chi connectivity index (χ4n) is 4.86. The summed E-state index contributed by atoms with van der Waals surface area (Å²) in [6.45, 7) is 7.21. The molecule has 1 N–H and O–H groups in total. The Morgan fingerprint density at radius 3 is 2.43 bits per heavy atom. The molecule has 2 fully saturated rings. The normalized spacial score (nSPS) is 28.1. The zero-order valence-electron chi connectivity index (χ0n) is 16.8. The van der Waals surface area contributed by atoms with Crippen LogP contribution in [-0.4, -0.2) is 37.5 Å². The van der Waals surface area contributed by atoms with Gasteiger partial charge in [-0.2, -0.15) is 5.10 Å². The summed E-state index contributed by atoms with van der Waals surface area (Å²) in [5.41, 5.74) is 0.597. The minimum atomic E-state index is -0.934. The van der Waals surface area contributed by atoms with Crippen LogP contribution in [0.3, 0.4) is 0 Å². The van der Waals surface area contributed by atoms with Crippen molar-refractivity contribution >= 4 is 0 Å². The number of nitrogens with zero attached hydrogens (tertiary/aromatic N) is 3. The van der Waals surface area contributed by atoms with Crippen molar-refractivity contribution in [2.75, 3.05) is 0 Å². The SMILES string of the molecule is CC(C)(C)n1cc(CN2C3CCC2CC(O)(Cc2ccc(F)cc2F)C3)cn1. The van der Waals surface area contributed by atoms with Crippen LogP contribution in [0.5, 0.6) is 0 Å². The van der Waals surface area contributed by atoms with Gasteiger partial charge in [-0.15, -0.1) is 0 Å². The zero-order valence-corrected chi connectivity index (χ0v) is 16.8. The van der Waals surface area contributed by atoms with Crippen LogP contribution in [0.15, 0.2) is 30.6 Å². The van der Waals surface area contributed by atoms with Crippen LogP contribution in [-0.2, 0) is 18.5 Å². The molecule has 0 aliphatic carbocycles. The number of benzene rings is 1. The third-order valence-electron chi connectivity index (χ3n) is 6.23. The number of fused-ring (bicyclic) bond motifs is 2. The lowest BCUT2D eigenvalue weighted by Gasteiger charge is -2.44. The molecule has 3 heterocycles. The maximum atomic E-state index is 14.1. The topological polar surface area (TPSA) is 41.3 Å². The van der Waals surface area contributed by atoms with Gasteiger partial charge in [0, 0.05) is 42.9 Å². The van der Waals surface area contributed by atoms with Crippen molar-refractivity contribution in [3.63, 3.8) is 0 Å². The van der Waals surface area contributed by atoms with Crippen LogP contribution < -0.4 is 0 Å². The highest BCUT2D eigenvalue weighted by Crippen LogP contribution is 2.43. The van der Waals surface area contributed by atoms with Gasteiger partial charge < -0.3 is 5.11 Å². The molecule has 6 heteroatoms. The minimum Gasteiger partial charge on any atom is -0.389 e. The van der Waals surface area contributed by atoms with Gasteiger partial charge in [-0.25, -0.2) is 8.78 Å². The smallest absolute Gasteiger partial charge is 0.129 e. The Bertz CT molecular complexity index is 844. The van der Waals surface area contributed by atoms with E-state index in [1.807, 2.05) is 10.9 Å². The predicted molar refractivity (Wildman–Crippen MR) is 104 cm³/mol. The monoisotopic (exact) mass is 389 g/mol. The lowest BCUT2D eigenvalue weighted by Crippen LogP contribution is -2.51. The molecule has 152 valence electrons. The van der Waals surface area contributed by atoms with Gasteiger partial charge >= 0.3 is 0 Å². The molecule has 28 heavy (non-hydrogen) atoms. The second-order valence-corrected chi connectivity index (χ2v) is 9.57. The molecule has 4 rings (SSSR count). The van der Waals surface area contributed by atoms with Crippen molar-refractivity contribution in [2.24, 2.45) is 0 Å². The van der Waals surface area contributed by atoms with E-state index in [2.05, 4.69) is 37.0 Å². The van der Waals surface area contributed by atoms with Crippen molar-refractivity contribution in [2.45, 2.75) is 82.6 Å². The van der Waals surface area contributed by atoms with Crippen LogP contribution >= 0.6 is 0 Å². The van der Waals surface area contributed by atoms with E-state index in [9.17, 15) is 13.9 Å². The second kappa shape index (κ2) is 6.92. The van der Waals surface area contributed by atoms with Crippen molar-refractivity contribution in [1.82, 2.24) is 14.7 Å². The Hall–Kier alpha value is -1.79. The van der Waals surface area contributed by atoms with Crippen molar-refractivity contribution in [3.8, 4) is 0 Å². The number of hydrogen-bond donors (Lipinski definition) is 1. The summed E-state index contributed by atoms with van der Waals surface area (Å²) < 4.78 is 29.2. The van der Waals surface area contributed by atoms with Gasteiger partial charge in [0.1, 0.15) is 11.6 Å². The number of hydrogen-bond acceptors (Lipinski definition) is 3. The van der Waals surface area contributed by atoms with Gasteiger partial charge in [0.15, 0.2) is 0 Å². The summed E-state index contributed by atoms with van der Waals surface area (Å²) in [6, 6.07) is 4.18. The molecule has 1 aromatic heterocycles. The highest BCUT2D eigenvalue weighted by atomic mass is 19.1. The van der Waals surface area contributed by atoms with Gasteiger partial charge in [0.25, 0.3) is 0 Å². The molecular formula is C22H29F2N3O. The summed E-state index contributed by atoms with van der Waals surface area (Å²) in [7, 11) is 0. The standard InChI is InChI=1S/C22H29F2N3O/c1-21(2,3)27-14-15(12-25-27)13-26-18-6-7-19(26)11-22(28,10-18)9-16-4-5-17(23)8-20(16)24/h4-5,8,12,14,18-19,28H,6-7,9-11,13H2,1-3H3. The van der Waals surface area contributed by atoms with Crippen LogP contribution in [0, 0.1) is 11.6 Å². The van der Waals surface area contributed by atoms with Gasteiger partial charge in [-0.05, 0) is 58.1 Å². The van der Waals surface area contributed by atoms with E-state index in [1.54, 1.807) is 0 Å². The van der Waals surface area contributed by atoms with Gasteiger partial charge in [0.05, 0.1) is 17.3 Å². The maximum Gasteiger partial charge on any atom is 0.129 e. The van der Waals surface area contributed by atoms with Gasteiger partial charge in [-0.3, -0.25) is 9.58 Å². The third kappa shape index (κ3) is 3.85. The maximum absolute atomic E-state index is 14.1. The quantitative estimate of drug-likeness (QED) is 0.859. The van der Waals surface area contributed by atoms with Gasteiger partial charge in [-0.1, -0.05) is 6.07 Å². The molecule has 2 unspecified atom stereocenters. The molecule has 0 saturated carbocycles. The van der Waals surface area contributed by atoms with Gasteiger partial charge in [0.2, 0.25) is 0 Å². The molecule has 2 aliphatic rings. The fourth-order valence-corrected chi connectivity index (χ4v) is 4.86. The van der Waals surface area contributed by atoms with Crippen LogP contribution in [0.4, 0.5) is 8.78 Å². The number of piperidine rings is 1. The first-order valence-corrected chi connectivity index (χ1v) is 10.1. The highest BCUT2D eigenvalue weighted by molar-refractivity contribution is 5.22. The predicted octanol–water partition coefficient (Wildman–Crippen LogP) is 4.02. The average Bonchev–Trinajstić information content (AvgIpc) is 3.15.